The Bertz CT molecular complexity index is 344. The first kappa shape index (κ1) is 15.2. The number of rotatable bonds is 6. The van der Waals surface area contributed by atoms with E-state index in [1.54, 1.807) is 0 Å². The lowest BCUT2D eigenvalue weighted by Crippen LogP contribution is -2.50. The normalized spacial score (nSPS) is 27.4. The Morgan fingerprint density at radius 2 is 2.20 bits per heavy atom. The number of ether oxygens (including phenoxy) is 2. The Morgan fingerprint density at radius 3 is 2.90 bits per heavy atom. The molecule has 1 amide bonds. The van der Waals surface area contributed by atoms with Crippen molar-refractivity contribution in [1.82, 2.24) is 10.2 Å². The van der Waals surface area contributed by atoms with Crippen LogP contribution in [-0.4, -0.2) is 73.5 Å². The van der Waals surface area contributed by atoms with E-state index in [4.69, 9.17) is 14.6 Å². The van der Waals surface area contributed by atoms with E-state index in [-0.39, 0.29) is 31.0 Å². The topological polar surface area (TPSA) is 88.1 Å². The van der Waals surface area contributed by atoms with Gasteiger partial charge in [0.2, 0.25) is 5.91 Å². The van der Waals surface area contributed by atoms with Gasteiger partial charge < -0.3 is 19.9 Å². The molecule has 2 heterocycles. The number of carbonyl (C=O) groups is 2. The highest BCUT2D eigenvalue weighted by atomic mass is 16.5. The molecule has 2 rings (SSSR count). The molecule has 2 aliphatic rings. The van der Waals surface area contributed by atoms with Gasteiger partial charge >= 0.3 is 5.97 Å². The van der Waals surface area contributed by atoms with Crippen LogP contribution in [0.3, 0.4) is 0 Å². The molecule has 0 bridgehead atoms. The molecule has 2 fully saturated rings. The van der Waals surface area contributed by atoms with Crippen LogP contribution in [0.2, 0.25) is 0 Å². The molecule has 0 saturated carbocycles. The molecule has 0 radical (unpaired) electrons. The number of carbonyl (C=O) groups excluding carboxylic acids is 1. The van der Waals surface area contributed by atoms with Gasteiger partial charge in [0.25, 0.3) is 0 Å². The maximum Gasteiger partial charge on any atom is 0.305 e. The molecule has 0 aromatic rings. The van der Waals surface area contributed by atoms with Crippen LogP contribution in [0.25, 0.3) is 0 Å². The van der Waals surface area contributed by atoms with Gasteiger partial charge in [-0.15, -0.1) is 0 Å². The second-order valence-corrected chi connectivity index (χ2v) is 5.24. The first-order chi connectivity index (χ1) is 9.65. The zero-order valence-electron chi connectivity index (χ0n) is 11.5. The van der Waals surface area contributed by atoms with E-state index in [1.807, 2.05) is 4.90 Å². The Kier molecular flexibility index (Phi) is 5.75. The van der Waals surface area contributed by atoms with Gasteiger partial charge in [-0.25, -0.2) is 0 Å². The van der Waals surface area contributed by atoms with Crippen LogP contribution in [0, 0.1) is 0 Å². The monoisotopic (exact) mass is 286 g/mol. The number of nitrogens with one attached hydrogen (secondary N) is 1. The summed E-state index contributed by atoms with van der Waals surface area (Å²) in [4.78, 5) is 24.6. The number of carboxylic acid groups (broad SMARTS) is 1. The highest BCUT2D eigenvalue weighted by molar-refractivity contribution is 5.78. The first-order valence-electron chi connectivity index (χ1n) is 7.07. The molecule has 2 atom stereocenters. The first-order valence-corrected chi connectivity index (χ1v) is 7.07. The van der Waals surface area contributed by atoms with E-state index < -0.39 is 5.97 Å². The summed E-state index contributed by atoms with van der Waals surface area (Å²) in [6, 6.07) is -0.227. The highest BCUT2D eigenvalue weighted by Gasteiger charge is 2.27. The molecule has 20 heavy (non-hydrogen) atoms. The van der Waals surface area contributed by atoms with Crippen LogP contribution in [-0.2, 0) is 19.1 Å². The number of amides is 1. The van der Waals surface area contributed by atoms with Crippen LogP contribution in [0.1, 0.15) is 19.3 Å². The maximum atomic E-state index is 11.9. The lowest BCUT2D eigenvalue weighted by Gasteiger charge is -2.34. The molecule has 0 spiro atoms. The van der Waals surface area contributed by atoms with Crippen molar-refractivity contribution in [2.45, 2.75) is 31.4 Å². The molecule has 2 saturated heterocycles. The number of aliphatic carboxylic acids is 1. The second kappa shape index (κ2) is 7.56. The van der Waals surface area contributed by atoms with Gasteiger partial charge in [0.05, 0.1) is 32.3 Å². The van der Waals surface area contributed by atoms with Gasteiger partial charge in [-0.05, 0) is 12.8 Å². The van der Waals surface area contributed by atoms with Crippen molar-refractivity contribution in [2.24, 2.45) is 0 Å². The molecule has 2 aliphatic heterocycles. The summed E-state index contributed by atoms with van der Waals surface area (Å²) in [6.45, 7) is 3.01. The van der Waals surface area contributed by atoms with Gasteiger partial charge in [0.1, 0.15) is 0 Å². The van der Waals surface area contributed by atoms with Crippen molar-refractivity contribution in [3.8, 4) is 0 Å². The van der Waals surface area contributed by atoms with Gasteiger partial charge in [0, 0.05) is 25.7 Å². The van der Waals surface area contributed by atoms with Crippen molar-refractivity contribution in [3.05, 3.63) is 0 Å². The average molecular weight is 286 g/mol. The Morgan fingerprint density at radius 1 is 1.35 bits per heavy atom. The third-order valence-corrected chi connectivity index (χ3v) is 3.66. The second-order valence-electron chi connectivity index (χ2n) is 5.24. The van der Waals surface area contributed by atoms with E-state index in [2.05, 4.69) is 5.32 Å². The van der Waals surface area contributed by atoms with E-state index in [0.717, 1.165) is 19.4 Å². The van der Waals surface area contributed by atoms with Crippen molar-refractivity contribution in [2.75, 3.05) is 39.5 Å². The van der Waals surface area contributed by atoms with Gasteiger partial charge in [-0.3, -0.25) is 14.5 Å². The maximum absolute atomic E-state index is 11.9. The van der Waals surface area contributed by atoms with Crippen molar-refractivity contribution in [1.29, 1.82) is 0 Å². The Hall–Kier alpha value is -1.18. The standard InChI is InChI=1S/C13H22N2O5/c16-12(14-7-11-2-1-4-20-11)8-15-3-5-19-9-10(15)6-13(17)18/h10-11H,1-9H2,(H,14,16)(H,17,18). The fourth-order valence-corrected chi connectivity index (χ4v) is 2.56. The van der Waals surface area contributed by atoms with Gasteiger partial charge in [-0.1, -0.05) is 0 Å². The zero-order chi connectivity index (χ0) is 14.4. The number of carboxylic acids is 1. The minimum Gasteiger partial charge on any atom is -0.481 e. The molecule has 0 aromatic heterocycles. The largest absolute Gasteiger partial charge is 0.481 e. The van der Waals surface area contributed by atoms with E-state index in [9.17, 15) is 9.59 Å². The zero-order valence-corrected chi connectivity index (χ0v) is 11.5. The fourth-order valence-electron chi connectivity index (χ4n) is 2.56. The SMILES string of the molecule is O=C(O)CC1COCCN1CC(=O)NCC1CCCO1. The number of morpholine rings is 1. The van der Waals surface area contributed by atoms with Crippen molar-refractivity contribution >= 4 is 11.9 Å². The Balaban J connectivity index is 1.73. The molecule has 7 heteroatoms. The lowest BCUT2D eigenvalue weighted by molar-refractivity contribution is -0.141. The smallest absolute Gasteiger partial charge is 0.305 e. The summed E-state index contributed by atoms with van der Waals surface area (Å²) in [6.07, 6.45) is 2.15. The van der Waals surface area contributed by atoms with Crippen molar-refractivity contribution in [3.63, 3.8) is 0 Å². The lowest BCUT2D eigenvalue weighted by atomic mass is 10.1. The van der Waals surface area contributed by atoms with Crippen LogP contribution < -0.4 is 5.32 Å². The molecular weight excluding hydrogens is 264 g/mol. The quantitative estimate of drug-likeness (QED) is 0.681. The molecule has 2 unspecified atom stereocenters. The van der Waals surface area contributed by atoms with E-state index >= 15 is 0 Å². The minimum absolute atomic E-state index is 0.000976. The summed E-state index contributed by atoms with van der Waals surface area (Å²) in [5.74, 6) is -0.956. The highest BCUT2D eigenvalue weighted by Crippen LogP contribution is 2.12. The molecule has 7 nitrogen and oxygen atoms in total. The molecule has 114 valence electrons. The molecule has 0 aliphatic carbocycles. The van der Waals surface area contributed by atoms with Gasteiger partial charge in [-0.2, -0.15) is 0 Å². The summed E-state index contributed by atoms with van der Waals surface area (Å²) in [5.41, 5.74) is 0. The van der Waals surface area contributed by atoms with Crippen LogP contribution in [0.5, 0.6) is 0 Å². The fraction of sp³-hybridized carbons (Fsp3) is 0.846. The van der Waals surface area contributed by atoms with E-state index in [0.29, 0.717) is 26.3 Å². The van der Waals surface area contributed by atoms with E-state index in [1.165, 1.54) is 0 Å². The molecule has 2 N–H and O–H groups in total. The molecular formula is C13H22N2O5. The summed E-state index contributed by atoms with van der Waals surface area (Å²) < 4.78 is 10.7. The number of hydrogen-bond donors (Lipinski definition) is 2. The van der Waals surface area contributed by atoms with Crippen LogP contribution in [0.4, 0.5) is 0 Å². The summed E-state index contributed by atoms with van der Waals surface area (Å²) >= 11 is 0. The number of hydrogen-bond acceptors (Lipinski definition) is 5. The van der Waals surface area contributed by atoms with Crippen molar-refractivity contribution < 1.29 is 24.2 Å². The summed E-state index contributed by atoms with van der Waals surface area (Å²) in [5, 5.41) is 11.7. The third-order valence-electron chi connectivity index (χ3n) is 3.66. The van der Waals surface area contributed by atoms with Gasteiger partial charge in [0.15, 0.2) is 0 Å². The average Bonchev–Trinajstić information content (AvgIpc) is 2.91. The van der Waals surface area contributed by atoms with Crippen LogP contribution in [0.15, 0.2) is 0 Å². The van der Waals surface area contributed by atoms with Crippen LogP contribution >= 0.6 is 0 Å². The molecule has 0 aromatic carbocycles. The predicted molar refractivity (Wildman–Crippen MR) is 70.4 cm³/mol. The third kappa shape index (κ3) is 4.73. The predicted octanol–water partition coefficient (Wildman–Crippen LogP) is -0.543. The minimum atomic E-state index is -0.870. The Labute approximate surface area is 118 Å². The summed E-state index contributed by atoms with van der Waals surface area (Å²) in [7, 11) is 0. The number of nitrogens with zero attached hydrogens (tertiary/aromatic N) is 1.